The molecule has 0 unspecified atom stereocenters. The Kier molecular flexibility index (Phi) is 8.16. The van der Waals surface area contributed by atoms with E-state index in [0.29, 0.717) is 0 Å². The van der Waals surface area contributed by atoms with Gasteiger partial charge in [-0.05, 0) is 51.4 Å². The topological polar surface area (TPSA) is 44.6 Å². The van der Waals surface area contributed by atoms with Crippen LogP contribution in [0.15, 0.2) is 5.16 Å². The molecular weight excluding hydrogens is 260 g/mol. The van der Waals surface area contributed by atoms with Gasteiger partial charge < -0.3 is 10.5 Å². The van der Waals surface area contributed by atoms with E-state index in [0.717, 1.165) is 30.6 Å². The Bertz CT molecular complexity index is 268. The van der Waals surface area contributed by atoms with Crippen molar-refractivity contribution in [2.45, 2.75) is 108 Å². The third-order valence-electron chi connectivity index (χ3n) is 5.25. The highest BCUT2D eigenvalue weighted by atomic mass is 16.4. The minimum Gasteiger partial charge on any atom is -0.411 e. The minimum absolute atomic E-state index is 0.872. The van der Waals surface area contributed by atoms with Crippen LogP contribution in [0.25, 0.3) is 0 Å². The van der Waals surface area contributed by atoms with Gasteiger partial charge in [0.1, 0.15) is 0 Å². The van der Waals surface area contributed by atoms with Crippen molar-refractivity contribution >= 4 is 5.71 Å². The molecule has 0 atom stereocenters. The quantitative estimate of drug-likeness (QED) is 0.554. The maximum Gasteiger partial charge on any atom is 0.0570 e. The molecule has 3 heteroatoms. The van der Waals surface area contributed by atoms with Crippen molar-refractivity contribution in [2.24, 2.45) is 5.16 Å². The van der Waals surface area contributed by atoms with Crippen LogP contribution in [0.3, 0.4) is 0 Å². The standard InChI is InChI=1S/C12H23N.C6H11NO/c1-3-7-11(8-4-1)13-12-9-5-2-6-10-12;8-7-6-4-2-1-3-5-6/h11-13H,1-10H2;8H,1-5H2. The molecule has 122 valence electrons. The van der Waals surface area contributed by atoms with Crippen molar-refractivity contribution in [3.63, 3.8) is 0 Å². The van der Waals surface area contributed by atoms with E-state index in [-0.39, 0.29) is 0 Å². The lowest BCUT2D eigenvalue weighted by Gasteiger charge is -2.30. The number of rotatable bonds is 2. The number of hydrogen-bond donors (Lipinski definition) is 2. The Morgan fingerprint density at radius 3 is 1.48 bits per heavy atom. The molecule has 0 aromatic rings. The van der Waals surface area contributed by atoms with E-state index in [1.54, 1.807) is 0 Å². The van der Waals surface area contributed by atoms with Crippen molar-refractivity contribution in [3.8, 4) is 0 Å². The fraction of sp³-hybridized carbons (Fsp3) is 0.944. The van der Waals surface area contributed by atoms with E-state index < -0.39 is 0 Å². The second-order valence-electron chi connectivity index (χ2n) is 7.06. The van der Waals surface area contributed by atoms with Crippen LogP contribution in [-0.4, -0.2) is 23.0 Å². The Morgan fingerprint density at radius 1 is 0.667 bits per heavy atom. The average Bonchev–Trinajstić information content (AvgIpc) is 2.58. The van der Waals surface area contributed by atoms with Crippen LogP contribution in [0, 0.1) is 0 Å². The fourth-order valence-corrected chi connectivity index (χ4v) is 3.93. The molecule has 3 aliphatic carbocycles. The summed E-state index contributed by atoms with van der Waals surface area (Å²) in [5.74, 6) is 0. The van der Waals surface area contributed by atoms with E-state index in [9.17, 15) is 0 Å². The van der Waals surface area contributed by atoms with E-state index in [1.165, 1.54) is 83.5 Å². The highest BCUT2D eigenvalue weighted by molar-refractivity contribution is 5.84. The summed E-state index contributed by atoms with van der Waals surface area (Å²) in [4.78, 5) is 0. The van der Waals surface area contributed by atoms with Gasteiger partial charge in [0.25, 0.3) is 0 Å². The molecule has 0 aromatic carbocycles. The zero-order chi connectivity index (χ0) is 14.8. The number of hydrogen-bond acceptors (Lipinski definition) is 3. The van der Waals surface area contributed by atoms with Gasteiger partial charge in [0, 0.05) is 12.1 Å². The lowest BCUT2D eigenvalue weighted by molar-refractivity contribution is 0.291. The molecule has 3 rings (SSSR count). The van der Waals surface area contributed by atoms with Crippen molar-refractivity contribution in [2.75, 3.05) is 0 Å². The first-order chi connectivity index (χ1) is 10.4. The Hall–Kier alpha value is -0.570. The first-order valence-corrected chi connectivity index (χ1v) is 9.34. The summed E-state index contributed by atoms with van der Waals surface area (Å²) in [5.41, 5.74) is 0.983. The van der Waals surface area contributed by atoms with Crippen LogP contribution in [0.4, 0.5) is 0 Å². The molecule has 0 spiro atoms. The van der Waals surface area contributed by atoms with Crippen LogP contribution in [0.5, 0.6) is 0 Å². The van der Waals surface area contributed by atoms with Gasteiger partial charge in [-0.2, -0.15) is 0 Å². The SMILES string of the molecule is C1CCC(NC2CCCCC2)CC1.ON=C1CCCCC1. The predicted molar refractivity (Wildman–Crippen MR) is 89.2 cm³/mol. The maximum absolute atomic E-state index is 8.28. The molecule has 0 radical (unpaired) electrons. The Labute approximate surface area is 130 Å². The molecule has 21 heavy (non-hydrogen) atoms. The first kappa shape index (κ1) is 16.8. The van der Waals surface area contributed by atoms with E-state index in [2.05, 4.69) is 10.5 Å². The number of oxime groups is 1. The summed E-state index contributed by atoms with van der Waals surface area (Å²) in [6.45, 7) is 0. The number of nitrogens with zero attached hydrogens (tertiary/aromatic N) is 1. The molecule has 3 saturated carbocycles. The summed E-state index contributed by atoms with van der Waals surface area (Å²) >= 11 is 0. The monoisotopic (exact) mass is 294 g/mol. The summed E-state index contributed by atoms with van der Waals surface area (Å²) in [6.07, 6.45) is 20.3. The van der Waals surface area contributed by atoms with Gasteiger partial charge in [0.15, 0.2) is 0 Å². The van der Waals surface area contributed by atoms with E-state index in [1.807, 2.05) is 0 Å². The zero-order valence-electron chi connectivity index (χ0n) is 13.7. The normalized spacial score (nSPS) is 25.0. The first-order valence-electron chi connectivity index (χ1n) is 9.34. The summed E-state index contributed by atoms with van der Waals surface area (Å²) in [5, 5.41) is 15.3. The smallest absolute Gasteiger partial charge is 0.0570 e. The van der Waals surface area contributed by atoms with Gasteiger partial charge in [-0.15, -0.1) is 0 Å². The fourth-order valence-electron chi connectivity index (χ4n) is 3.93. The molecule has 0 aromatic heterocycles. The Balaban J connectivity index is 0.000000173. The molecule has 0 heterocycles. The maximum atomic E-state index is 8.28. The van der Waals surface area contributed by atoms with Gasteiger partial charge in [-0.3, -0.25) is 0 Å². The minimum atomic E-state index is 0.872. The van der Waals surface area contributed by atoms with Crippen LogP contribution < -0.4 is 5.32 Å². The molecule has 0 bridgehead atoms. The van der Waals surface area contributed by atoms with Crippen LogP contribution in [0.2, 0.25) is 0 Å². The van der Waals surface area contributed by atoms with E-state index >= 15 is 0 Å². The van der Waals surface area contributed by atoms with Crippen molar-refractivity contribution < 1.29 is 5.21 Å². The molecule has 3 nitrogen and oxygen atoms in total. The second kappa shape index (κ2) is 10.2. The summed E-state index contributed by atoms with van der Waals surface area (Å²) in [7, 11) is 0. The highest BCUT2D eigenvalue weighted by Gasteiger charge is 2.19. The van der Waals surface area contributed by atoms with Gasteiger partial charge in [-0.25, -0.2) is 0 Å². The van der Waals surface area contributed by atoms with Crippen molar-refractivity contribution in [3.05, 3.63) is 0 Å². The number of nitrogens with one attached hydrogen (secondary N) is 1. The van der Waals surface area contributed by atoms with Crippen molar-refractivity contribution in [1.29, 1.82) is 0 Å². The highest BCUT2D eigenvalue weighted by Crippen LogP contribution is 2.22. The predicted octanol–water partition coefficient (Wildman–Crippen LogP) is 5.02. The van der Waals surface area contributed by atoms with E-state index in [4.69, 9.17) is 5.21 Å². The van der Waals surface area contributed by atoms with Crippen LogP contribution in [0.1, 0.15) is 96.3 Å². The Morgan fingerprint density at radius 2 is 1.10 bits per heavy atom. The molecule has 0 saturated heterocycles. The zero-order valence-corrected chi connectivity index (χ0v) is 13.7. The molecule has 0 aliphatic heterocycles. The van der Waals surface area contributed by atoms with Crippen LogP contribution in [-0.2, 0) is 0 Å². The second-order valence-corrected chi connectivity index (χ2v) is 7.06. The molecule has 2 N–H and O–H groups in total. The molecule has 3 fully saturated rings. The third kappa shape index (κ3) is 6.82. The van der Waals surface area contributed by atoms with Gasteiger partial charge in [-0.1, -0.05) is 50.1 Å². The lowest BCUT2D eigenvalue weighted by Crippen LogP contribution is -2.40. The third-order valence-corrected chi connectivity index (χ3v) is 5.25. The molecule has 0 amide bonds. The summed E-state index contributed by atoms with van der Waals surface area (Å²) < 4.78 is 0. The largest absolute Gasteiger partial charge is 0.411 e. The molecule has 3 aliphatic rings. The average molecular weight is 294 g/mol. The van der Waals surface area contributed by atoms with Gasteiger partial charge >= 0.3 is 0 Å². The summed E-state index contributed by atoms with van der Waals surface area (Å²) in [6, 6.07) is 1.74. The molecular formula is C18H34N2O. The van der Waals surface area contributed by atoms with Gasteiger partial charge in [0.2, 0.25) is 0 Å². The van der Waals surface area contributed by atoms with Gasteiger partial charge in [0.05, 0.1) is 5.71 Å². The van der Waals surface area contributed by atoms with Crippen LogP contribution >= 0.6 is 0 Å². The lowest BCUT2D eigenvalue weighted by atomic mass is 9.91. The van der Waals surface area contributed by atoms with Crippen molar-refractivity contribution in [1.82, 2.24) is 5.32 Å².